The molecule has 0 unspecified atom stereocenters. The molecule has 1 saturated carbocycles. The Hall–Kier alpha value is -1.73. The molecule has 2 fully saturated rings. The number of hydrogen-bond donors (Lipinski definition) is 1. The Labute approximate surface area is 131 Å². The van der Waals surface area contributed by atoms with Crippen molar-refractivity contribution in [1.29, 1.82) is 0 Å². The summed E-state index contributed by atoms with van der Waals surface area (Å²) in [6.07, 6.45) is 2.12. The maximum absolute atomic E-state index is 12.0. The smallest absolute Gasteiger partial charge is 0.268 e. The van der Waals surface area contributed by atoms with Crippen molar-refractivity contribution < 1.29 is 4.79 Å². The standard InChI is InChI=1S/C15H18N4O2S/c20-14-13-11(3-8-22-13)16-12(17-14)9-18-4-6-19(7-5-18)15(21)10-1-2-10/h3,8,10H,1-2,4-7,9H2,(H,16,17,20). The maximum atomic E-state index is 12.0. The van der Waals surface area contributed by atoms with E-state index in [1.165, 1.54) is 11.3 Å². The van der Waals surface area contributed by atoms with E-state index in [2.05, 4.69) is 14.9 Å². The van der Waals surface area contributed by atoms with Crippen LogP contribution in [0.25, 0.3) is 10.2 Å². The number of carbonyl (C=O) groups is 1. The number of aromatic nitrogens is 2. The third-order valence-electron chi connectivity index (χ3n) is 4.35. The lowest BCUT2D eigenvalue weighted by molar-refractivity contribution is -0.134. The average Bonchev–Trinajstić information content (AvgIpc) is 3.26. The molecule has 1 amide bonds. The van der Waals surface area contributed by atoms with Gasteiger partial charge in [-0.1, -0.05) is 0 Å². The van der Waals surface area contributed by atoms with Crippen LogP contribution < -0.4 is 5.56 Å². The summed E-state index contributed by atoms with van der Waals surface area (Å²) in [6, 6.07) is 1.88. The molecule has 22 heavy (non-hydrogen) atoms. The van der Waals surface area contributed by atoms with Gasteiger partial charge in [-0.2, -0.15) is 0 Å². The van der Waals surface area contributed by atoms with Crippen molar-refractivity contribution in [3.63, 3.8) is 0 Å². The van der Waals surface area contributed by atoms with E-state index >= 15 is 0 Å². The number of fused-ring (bicyclic) bond motifs is 1. The summed E-state index contributed by atoms with van der Waals surface area (Å²) in [5.74, 6) is 1.33. The zero-order chi connectivity index (χ0) is 15.1. The molecule has 2 aliphatic rings. The van der Waals surface area contributed by atoms with Crippen molar-refractivity contribution in [2.75, 3.05) is 26.2 Å². The van der Waals surface area contributed by atoms with Gasteiger partial charge in [-0.25, -0.2) is 4.98 Å². The fraction of sp³-hybridized carbons (Fsp3) is 0.533. The van der Waals surface area contributed by atoms with Crippen LogP contribution in [0.3, 0.4) is 0 Å². The quantitative estimate of drug-likeness (QED) is 0.918. The second-order valence-corrected chi connectivity index (χ2v) is 6.94. The number of rotatable bonds is 3. The second-order valence-electron chi connectivity index (χ2n) is 6.02. The van der Waals surface area contributed by atoms with Crippen LogP contribution in [-0.2, 0) is 11.3 Å². The Morgan fingerprint density at radius 1 is 1.32 bits per heavy atom. The first kappa shape index (κ1) is 13.9. The number of nitrogens with zero attached hydrogens (tertiary/aromatic N) is 3. The van der Waals surface area contributed by atoms with Gasteiger partial charge in [0.05, 0.1) is 12.1 Å². The first-order chi connectivity index (χ1) is 10.7. The van der Waals surface area contributed by atoms with Crippen LogP contribution >= 0.6 is 11.3 Å². The number of carbonyl (C=O) groups excluding carboxylic acids is 1. The van der Waals surface area contributed by atoms with E-state index in [-0.39, 0.29) is 5.56 Å². The van der Waals surface area contributed by atoms with Gasteiger partial charge in [0.25, 0.3) is 5.56 Å². The Kier molecular flexibility index (Phi) is 3.46. The maximum Gasteiger partial charge on any atom is 0.268 e. The minimum absolute atomic E-state index is 0.0578. The minimum atomic E-state index is -0.0578. The fourth-order valence-electron chi connectivity index (χ4n) is 2.92. The number of nitrogens with one attached hydrogen (secondary N) is 1. The van der Waals surface area contributed by atoms with Gasteiger partial charge < -0.3 is 9.88 Å². The molecular weight excluding hydrogens is 300 g/mol. The molecule has 0 bridgehead atoms. The number of hydrogen-bond acceptors (Lipinski definition) is 5. The Bertz CT molecular complexity index is 756. The van der Waals surface area contributed by atoms with E-state index in [4.69, 9.17) is 0 Å². The summed E-state index contributed by atoms with van der Waals surface area (Å²) in [5, 5.41) is 1.89. The number of H-pyrrole nitrogens is 1. The third kappa shape index (κ3) is 2.66. The lowest BCUT2D eigenvalue weighted by Crippen LogP contribution is -2.49. The topological polar surface area (TPSA) is 69.3 Å². The molecule has 1 N–H and O–H groups in total. The molecule has 0 atom stereocenters. The SMILES string of the molecule is O=C(C1CC1)N1CCN(Cc2nc3ccsc3c(=O)[nH]2)CC1. The molecule has 1 saturated heterocycles. The van der Waals surface area contributed by atoms with Crippen molar-refractivity contribution in [1.82, 2.24) is 19.8 Å². The van der Waals surface area contributed by atoms with Crippen LogP contribution in [0.5, 0.6) is 0 Å². The molecular formula is C15H18N4O2S. The third-order valence-corrected chi connectivity index (χ3v) is 5.25. The summed E-state index contributed by atoms with van der Waals surface area (Å²) in [7, 11) is 0. The predicted octanol–water partition coefficient (Wildman–Crippen LogP) is 1.04. The summed E-state index contributed by atoms with van der Waals surface area (Å²) < 4.78 is 0.684. The fourth-order valence-corrected chi connectivity index (χ4v) is 3.65. The number of thiophene rings is 1. The molecule has 2 aromatic rings. The van der Waals surface area contributed by atoms with E-state index in [0.29, 0.717) is 28.9 Å². The van der Waals surface area contributed by atoms with Crippen LogP contribution in [0.4, 0.5) is 0 Å². The van der Waals surface area contributed by atoms with Gasteiger partial charge in [0, 0.05) is 32.1 Å². The van der Waals surface area contributed by atoms with Crippen molar-refractivity contribution in [2.24, 2.45) is 5.92 Å². The molecule has 0 radical (unpaired) electrons. The number of aromatic amines is 1. The molecule has 3 heterocycles. The number of piperazine rings is 1. The largest absolute Gasteiger partial charge is 0.340 e. The molecule has 6 nitrogen and oxygen atoms in total. The average molecular weight is 318 g/mol. The summed E-state index contributed by atoms with van der Waals surface area (Å²) in [4.78, 5) is 35.6. The predicted molar refractivity (Wildman–Crippen MR) is 84.8 cm³/mol. The van der Waals surface area contributed by atoms with Gasteiger partial charge in [0.2, 0.25) is 5.91 Å². The van der Waals surface area contributed by atoms with E-state index in [1.54, 1.807) is 0 Å². The summed E-state index contributed by atoms with van der Waals surface area (Å²) in [6.45, 7) is 3.86. The lowest BCUT2D eigenvalue weighted by Gasteiger charge is -2.34. The first-order valence-electron chi connectivity index (χ1n) is 7.68. The minimum Gasteiger partial charge on any atom is -0.340 e. The number of amides is 1. The summed E-state index contributed by atoms with van der Waals surface area (Å²) >= 11 is 1.42. The molecule has 7 heteroatoms. The van der Waals surface area contributed by atoms with E-state index in [0.717, 1.165) is 44.5 Å². The van der Waals surface area contributed by atoms with Crippen molar-refractivity contribution in [3.05, 3.63) is 27.6 Å². The van der Waals surface area contributed by atoms with Gasteiger partial charge in [0.1, 0.15) is 10.5 Å². The highest BCUT2D eigenvalue weighted by atomic mass is 32.1. The highest BCUT2D eigenvalue weighted by Gasteiger charge is 2.34. The molecule has 2 aromatic heterocycles. The van der Waals surface area contributed by atoms with Crippen LogP contribution in [0.2, 0.25) is 0 Å². The summed E-state index contributed by atoms with van der Waals surface area (Å²) in [5.41, 5.74) is 0.712. The van der Waals surface area contributed by atoms with E-state index in [9.17, 15) is 9.59 Å². The van der Waals surface area contributed by atoms with E-state index in [1.807, 2.05) is 16.3 Å². The Morgan fingerprint density at radius 2 is 2.09 bits per heavy atom. The zero-order valence-corrected chi connectivity index (χ0v) is 13.1. The van der Waals surface area contributed by atoms with Crippen LogP contribution in [-0.4, -0.2) is 51.9 Å². The molecule has 1 aliphatic carbocycles. The van der Waals surface area contributed by atoms with Gasteiger partial charge in [-0.05, 0) is 24.3 Å². The second kappa shape index (κ2) is 5.48. The van der Waals surface area contributed by atoms with Crippen molar-refractivity contribution >= 4 is 27.5 Å². The van der Waals surface area contributed by atoms with Crippen LogP contribution in [0.15, 0.2) is 16.2 Å². The van der Waals surface area contributed by atoms with Crippen LogP contribution in [0, 0.1) is 5.92 Å². The normalized spacial score (nSPS) is 19.7. The zero-order valence-electron chi connectivity index (χ0n) is 12.2. The van der Waals surface area contributed by atoms with Crippen LogP contribution in [0.1, 0.15) is 18.7 Å². The first-order valence-corrected chi connectivity index (χ1v) is 8.56. The molecule has 0 aromatic carbocycles. The highest BCUT2D eigenvalue weighted by Crippen LogP contribution is 2.31. The van der Waals surface area contributed by atoms with Gasteiger partial charge in [-0.15, -0.1) is 11.3 Å². The lowest BCUT2D eigenvalue weighted by atomic mass is 10.2. The Morgan fingerprint density at radius 3 is 2.82 bits per heavy atom. The monoisotopic (exact) mass is 318 g/mol. The highest BCUT2D eigenvalue weighted by molar-refractivity contribution is 7.17. The van der Waals surface area contributed by atoms with Gasteiger partial charge >= 0.3 is 0 Å². The van der Waals surface area contributed by atoms with Gasteiger partial charge in [-0.3, -0.25) is 14.5 Å². The van der Waals surface area contributed by atoms with E-state index < -0.39 is 0 Å². The molecule has 4 rings (SSSR count). The molecule has 0 spiro atoms. The van der Waals surface area contributed by atoms with Gasteiger partial charge in [0.15, 0.2) is 0 Å². The molecule has 1 aliphatic heterocycles. The van der Waals surface area contributed by atoms with Crippen molar-refractivity contribution in [2.45, 2.75) is 19.4 Å². The Balaban J connectivity index is 1.41. The van der Waals surface area contributed by atoms with Crippen molar-refractivity contribution in [3.8, 4) is 0 Å². The molecule has 116 valence electrons.